The smallest absolute Gasteiger partial charge is 0.410 e. The number of aryl methyl sites for hydroxylation is 1. The molecular formula is C40H54N4O6. The molecule has 10 nitrogen and oxygen atoms in total. The summed E-state index contributed by atoms with van der Waals surface area (Å²) < 4.78 is 24.0. The number of rotatable bonds is 8. The highest BCUT2D eigenvalue weighted by atomic mass is 16.6. The molecule has 10 heteroatoms. The first kappa shape index (κ1) is 37.1. The molecule has 1 saturated heterocycles. The number of anilines is 1. The van der Waals surface area contributed by atoms with E-state index in [-0.39, 0.29) is 24.1 Å². The summed E-state index contributed by atoms with van der Waals surface area (Å²) in [5.41, 5.74) is 6.44. The van der Waals surface area contributed by atoms with Gasteiger partial charge in [0, 0.05) is 44.5 Å². The molecule has 270 valence electrons. The van der Waals surface area contributed by atoms with Crippen LogP contribution in [0.15, 0.2) is 42.6 Å². The number of aromatic nitrogens is 2. The minimum Gasteiger partial charge on any atom is -0.488 e. The summed E-state index contributed by atoms with van der Waals surface area (Å²) in [6, 6.07) is 12.3. The van der Waals surface area contributed by atoms with Crippen molar-refractivity contribution in [2.24, 2.45) is 5.92 Å². The van der Waals surface area contributed by atoms with Crippen molar-refractivity contribution in [1.82, 2.24) is 14.9 Å². The monoisotopic (exact) mass is 686 g/mol. The minimum absolute atomic E-state index is 0.223. The summed E-state index contributed by atoms with van der Waals surface area (Å²) in [6.45, 7) is 20.7. The largest absolute Gasteiger partial charge is 0.488 e. The van der Waals surface area contributed by atoms with Gasteiger partial charge in [0.2, 0.25) is 5.95 Å². The molecule has 0 saturated carbocycles. The van der Waals surface area contributed by atoms with E-state index >= 15 is 0 Å². The van der Waals surface area contributed by atoms with Gasteiger partial charge in [-0.25, -0.2) is 14.8 Å². The molecule has 1 aromatic heterocycles. The predicted octanol–water partition coefficient (Wildman–Crippen LogP) is 7.25. The summed E-state index contributed by atoms with van der Waals surface area (Å²) in [7, 11) is 0. The van der Waals surface area contributed by atoms with Crippen molar-refractivity contribution >= 4 is 18.0 Å². The van der Waals surface area contributed by atoms with E-state index in [2.05, 4.69) is 28.9 Å². The first-order valence-corrected chi connectivity index (χ1v) is 17.9. The maximum absolute atomic E-state index is 13.0. The second-order valence-electron chi connectivity index (χ2n) is 15.3. The van der Waals surface area contributed by atoms with Gasteiger partial charge >= 0.3 is 12.1 Å². The Kier molecular flexibility index (Phi) is 11.4. The maximum atomic E-state index is 13.0. The van der Waals surface area contributed by atoms with Crippen LogP contribution in [-0.2, 0) is 38.5 Å². The molecule has 3 aromatic rings. The van der Waals surface area contributed by atoms with E-state index in [0.29, 0.717) is 51.8 Å². The Labute approximate surface area is 297 Å². The molecule has 0 radical (unpaired) electrons. The highest BCUT2D eigenvalue weighted by Gasteiger charge is 2.38. The molecule has 0 aliphatic carbocycles. The minimum atomic E-state index is -0.556. The number of hydrogen-bond acceptors (Lipinski definition) is 9. The maximum Gasteiger partial charge on any atom is 0.410 e. The van der Waals surface area contributed by atoms with Gasteiger partial charge in [-0.15, -0.1) is 0 Å². The van der Waals surface area contributed by atoms with E-state index in [4.69, 9.17) is 23.9 Å². The van der Waals surface area contributed by atoms with Crippen molar-refractivity contribution < 1.29 is 28.5 Å². The number of amides is 1. The van der Waals surface area contributed by atoms with Crippen LogP contribution in [0.1, 0.15) is 82.7 Å². The number of ether oxygens (including phenoxy) is 4. The topological polar surface area (TPSA) is 103 Å². The summed E-state index contributed by atoms with van der Waals surface area (Å²) >= 11 is 0. The molecule has 50 heavy (non-hydrogen) atoms. The number of piperidine rings is 1. The van der Waals surface area contributed by atoms with Gasteiger partial charge in [0.05, 0.1) is 17.7 Å². The number of para-hydroxylation sites is 1. The molecule has 0 bridgehead atoms. The van der Waals surface area contributed by atoms with Crippen molar-refractivity contribution in [1.29, 1.82) is 0 Å². The fourth-order valence-electron chi connectivity index (χ4n) is 6.70. The van der Waals surface area contributed by atoms with Gasteiger partial charge in [-0.1, -0.05) is 24.3 Å². The first-order chi connectivity index (χ1) is 23.6. The zero-order valence-electron chi connectivity index (χ0n) is 31.3. The first-order valence-electron chi connectivity index (χ1n) is 17.9. The molecule has 0 spiro atoms. The number of carbonyl (C=O) groups is 2. The SMILES string of the molecule is CCO[C@H]1CN(c2nccc(-c3cccc(C)c3OCc3ccc4c(c3C)CCN(C(=O)OC(C)(C)C)CC4)n2)CC[C@H]1C(=O)OC(C)(C)C. The van der Waals surface area contributed by atoms with E-state index in [1.807, 2.05) is 84.6 Å². The van der Waals surface area contributed by atoms with E-state index in [1.165, 1.54) is 16.7 Å². The van der Waals surface area contributed by atoms with Gasteiger partial charge in [-0.3, -0.25) is 4.79 Å². The van der Waals surface area contributed by atoms with Crippen molar-refractivity contribution in [3.8, 4) is 17.0 Å². The van der Waals surface area contributed by atoms with Crippen molar-refractivity contribution in [3.63, 3.8) is 0 Å². The van der Waals surface area contributed by atoms with Crippen LogP contribution in [0.4, 0.5) is 10.7 Å². The third-order valence-electron chi connectivity index (χ3n) is 9.18. The lowest BCUT2D eigenvalue weighted by molar-refractivity contribution is -0.166. The lowest BCUT2D eigenvalue weighted by Gasteiger charge is -2.38. The zero-order chi connectivity index (χ0) is 36.2. The Bertz CT molecular complexity index is 1680. The van der Waals surface area contributed by atoms with E-state index < -0.39 is 11.2 Å². The summed E-state index contributed by atoms with van der Waals surface area (Å²) in [4.78, 5) is 39.3. The van der Waals surface area contributed by atoms with Gasteiger partial charge in [0.25, 0.3) is 0 Å². The summed E-state index contributed by atoms with van der Waals surface area (Å²) in [5.74, 6) is 0.799. The lowest BCUT2D eigenvalue weighted by atomic mass is 9.93. The number of fused-ring (bicyclic) bond motifs is 1. The number of carbonyl (C=O) groups excluding carboxylic acids is 2. The zero-order valence-corrected chi connectivity index (χ0v) is 31.3. The van der Waals surface area contributed by atoms with Gasteiger partial charge in [0.15, 0.2) is 0 Å². The molecule has 1 amide bonds. The van der Waals surface area contributed by atoms with Gasteiger partial charge in [-0.2, -0.15) is 0 Å². The molecule has 0 unspecified atom stereocenters. The van der Waals surface area contributed by atoms with Gasteiger partial charge in [-0.05, 0) is 122 Å². The molecule has 0 N–H and O–H groups in total. The fraction of sp³-hybridized carbons (Fsp3) is 0.550. The Morgan fingerprint density at radius 2 is 1.66 bits per heavy atom. The average Bonchev–Trinajstić information content (AvgIpc) is 3.27. The summed E-state index contributed by atoms with van der Waals surface area (Å²) in [5, 5.41) is 0. The van der Waals surface area contributed by atoms with Crippen LogP contribution in [0.25, 0.3) is 11.3 Å². The number of esters is 1. The van der Waals surface area contributed by atoms with E-state index in [0.717, 1.165) is 41.0 Å². The van der Waals surface area contributed by atoms with Gasteiger partial charge in [0.1, 0.15) is 23.6 Å². The molecule has 2 atom stereocenters. The van der Waals surface area contributed by atoms with Crippen molar-refractivity contribution in [2.45, 2.75) is 105 Å². The third-order valence-corrected chi connectivity index (χ3v) is 9.18. The highest BCUT2D eigenvalue weighted by molar-refractivity contribution is 5.74. The molecule has 3 heterocycles. The fourth-order valence-corrected chi connectivity index (χ4v) is 6.70. The molecular weight excluding hydrogens is 632 g/mol. The second kappa shape index (κ2) is 15.4. The van der Waals surface area contributed by atoms with E-state index in [9.17, 15) is 9.59 Å². The third kappa shape index (κ3) is 9.13. The second-order valence-corrected chi connectivity index (χ2v) is 15.3. The molecule has 2 aliphatic rings. The van der Waals surface area contributed by atoms with Crippen LogP contribution in [-0.4, -0.2) is 77.0 Å². The standard InChI is InChI=1S/C40H54N4O6/c1-10-47-34-24-44(23-19-32(34)36(45)49-39(4,5)6)37-41-20-16-33(42-37)31-13-11-12-26(2)35(31)48-25-29-15-14-28-17-21-43(22-18-30(28)27(29)3)38(46)50-40(7,8)9/h11-16,20,32,34H,10,17-19,21-25H2,1-9H3/t32-,34+/m1/s1. The van der Waals surface area contributed by atoms with Gasteiger partial charge < -0.3 is 28.7 Å². The number of nitrogens with zero attached hydrogens (tertiary/aromatic N) is 4. The molecule has 2 aliphatic heterocycles. The van der Waals surface area contributed by atoms with E-state index in [1.54, 1.807) is 6.20 Å². The Balaban J connectivity index is 1.31. The molecule has 5 rings (SSSR count). The predicted molar refractivity (Wildman–Crippen MR) is 195 cm³/mol. The van der Waals surface area contributed by atoms with Crippen LogP contribution in [0, 0.1) is 19.8 Å². The molecule has 2 aromatic carbocycles. The van der Waals surface area contributed by atoms with Crippen molar-refractivity contribution in [2.75, 3.05) is 37.7 Å². The Hall–Kier alpha value is -4.18. The van der Waals surface area contributed by atoms with Crippen LogP contribution < -0.4 is 9.64 Å². The lowest BCUT2D eigenvalue weighted by Crippen LogP contribution is -2.49. The van der Waals surface area contributed by atoms with Crippen LogP contribution >= 0.6 is 0 Å². The molecule has 1 fully saturated rings. The number of hydrogen-bond donors (Lipinski definition) is 0. The Morgan fingerprint density at radius 1 is 0.920 bits per heavy atom. The number of benzene rings is 2. The van der Waals surface area contributed by atoms with Crippen LogP contribution in [0.2, 0.25) is 0 Å². The highest BCUT2D eigenvalue weighted by Crippen LogP contribution is 2.35. The van der Waals surface area contributed by atoms with Crippen LogP contribution in [0.5, 0.6) is 5.75 Å². The van der Waals surface area contributed by atoms with Crippen molar-refractivity contribution in [3.05, 3.63) is 70.4 Å². The van der Waals surface area contributed by atoms with Crippen LogP contribution in [0.3, 0.4) is 0 Å². The summed E-state index contributed by atoms with van der Waals surface area (Å²) in [6.07, 6.45) is 3.34. The quantitative estimate of drug-likeness (QED) is 0.227. The average molecular weight is 687 g/mol. The normalized spacial score (nSPS) is 18.3. The Morgan fingerprint density at radius 3 is 2.38 bits per heavy atom.